The van der Waals surface area contributed by atoms with Crippen molar-refractivity contribution in [3.8, 4) is 0 Å². The molecule has 0 atom stereocenters. The SMILES string of the molecule is [CH2]CCCC=CCCC[CH2]. The first-order valence-electron chi connectivity index (χ1n) is 4.15. The minimum atomic E-state index is 1.06. The monoisotopic (exact) mass is 138 g/mol. The van der Waals surface area contributed by atoms with E-state index in [1.54, 1.807) is 0 Å². The topological polar surface area (TPSA) is 0 Å². The molecule has 0 aromatic carbocycles. The van der Waals surface area contributed by atoms with Gasteiger partial charge >= 0.3 is 0 Å². The summed E-state index contributed by atoms with van der Waals surface area (Å²) in [7, 11) is 0. The van der Waals surface area contributed by atoms with Crippen LogP contribution in [0.4, 0.5) is 0 Å². The average Bonchev–Trinajstić information content (AvgIpc) is 1.97. The zero-order valence-corrected chi connectivity index (χ0v) is 6.81. The molecule has 0 aliphatic heterocycles. The molecular formula is C10H18. The molecule has 58 valence electrons. The van der Waals surface area contributed by atoms with Crippen LogP contribution in [0.1, 0.15) is 38.5 Å². The van der Waals surface area contributed by atoms with E-state index in [-0.39, 0.29) is 0 Å². The van der Waals surface area contributed by atoms with E-state index in [0.717, 1.165) is 12.8 Å². The van der Waals surface area contributed by atoms with Crippen LogP contribution in [-0.4, -0.2) is 0 Å². The summed E-state index contributed by atoms with van der Waals surface area (Å²) in [6.45, 7) is 7.55. The summed E-state index contributed by atoms with van der Waals surface area (Å²) < 4.78 is 0. The first kappa shape index (κ1) is 9.74. The van der Waals surface area contributed by atoms with Crippen molar-refractivity contribution in [3.63, 3.8) is 0 Å². The maximum Gasteiger partial charge on any atom is -0.0351 e. The lowest BCUT2D eigenvalue weighted by molar-refractivity contribution is 0.839. The summed E-state index contributed by atoms with van der Waals surface area (Å²) in [6.07, 6.45) is 11.4. The Balaban J connectivity index is 2.89. The quantitative estimate of drug-likeness (QED) is 0.389. The largest absolute Gasteiger partial charge is 0.0885 e. The molecule has 2 radical (unpaired) electrons. The predicted molar refractivity (Wildman–Crippen MR) is 47.6 cm³/mol. The molecule has 0 unspecified atom stereocenters. The fourth-order valence-electron chi connectivity index (χ4n) is 0.760. The Hall–Kier alpha value is -0.260. The van der Waals surface area contributed by atoms with Crippen molar-refractivity contribution in [1.82, 2.24) is 0 Å². The summed E-state index contributed by atoms with van der Waals surface area (Å²) in [4.78, 5) is 0. The molecule has 0 rings (SSSR count). The van der Waals surface area contributed by atoms with Crippen LogP contribution in [0.15, 0.2) is 12.2 Å². The number of hydrogen-bond donors (Lipinski definition) is 0. The molecule has 0 bridgehead atoms. The zero-order chi connectivity index (χ0) is 7.66. The Labute approximate surface area is 65.3 Å². The summed E-state index contributed by atoms with van der Waals surface area (Å²) in [5, 5.41) is 0. The minimum Gasteiger partial charge on any atom is -0.0885 e. The number of unbranched alkanes of at least 4 members (excludes halogenated alkanes) is 4. The lowest BCUT2D eigenvalue weighted by Gasteiger charge is -1.89. The van der Waals surface area contributed by atoms with Gasteiger partial charge in [0, 0.05) is 0 Å². The summed E-state index contributed by atoms with van der Waals surface area (Å²) in [6, 6.07) is 0. The molecule has 0 saturated heterocycles. The van der Waals surface area contributed by atoms with Gasteiger partial charge in [-0.05, 0) is 25.7 Å². The molecular weight excluding hydrogens is 120 g/mol. The van der Waals surface area contributed by atoms with Crippen LogP contribution in [0.25, 0.3) is 0 Å². The van der Waals surface area contributed by atoms with E-state index in [4.69, 9.17) is 0 Å². The Kier molecular flexibility index (Phi) is 8.51. The highest BCUT2D eigenvalue weighted by atomic mass is 13.9. The third kappa shape index (κ3) is 7.74. The molecule has 10 heavy (non-hydrogen) atoms. The first-order valence-corrected chi connectivity index (χ1v) is 4.15. The molecule has 0 saturated carbocycles. The van der Waals surface area contributed by atoms with E-state index in [9.17, 15) is 0 Å². The van der Waals surface area contributed by atoms with Crippen LogP contribution in [0.5, 0.6) is 0 Å². The van der Waals surface area contributed by atoms with Crippen molar-refractivity contribution >= 4 is 0 Å². The molecule has 0 spiro atoms. The molecule has 0 nitrogen and oxygen atoms in total. The molecule has 0 N–H and O–H groups in total. The van der Waals surface area contributed by atoms with Gasteiger partial charge in [0.25, 0.3) is 0 Å². The second kappa shape index (κ2) is 8.74. The molecule has 0 heteroatoms. The van der Waals surface area contributed by atoms with Crippen LogP contribution in [0, 0.1) is 13.8 Å². The van der Waals surface area contributed by atoms with Gasteiger partial charge in [0.05, 0.1) is 0 Å². The van der Waals surface area contributed by atoms with E-state index in [1.165, 1.54) is 25.7 Å². The molecule has 0 heterocycles. The number of allylic oxidation sites excluding steroid dienone is 2. The molecule has 0 aromatic heterocycles. The van der Waals surface area contributed by atoms with Gasteiger partial charge in [0.1, 0.15) is 0 Å². The maximum atomic E-state index is 3.78. The second-order valence-corrected chi connectivity index (χ2v) is 2.46. The van der Waals surface area contributed by atoms with Crippen molar-refractivity contribution in [2.45, 2.75) is 38.5 Å². The van der Waals surface area contributed by atoms with E-state index in [2.05, 4.69) is 26.0 Å². The van der Waals surface area contributed by atoms with Crippen molar-refractivity contribution < 1.29 is 0 Å². The zero-order valence-electron chi connectivity index (χ0n) is 6.81. The van der Waals surface area contributed by atoms with Crippen LogP contribution >= 0.6 is 0 Å². The van der Waals surface area contributed by atoms with Gasteiger partial charge in [-0.25, -0.2) is 0 Å². The van der Waals surface area contributed by atoms with Gasteiger partial charge < -0.3 is 0 Å². The molecule has 0 aliphatic rings. The van der Waals surface area contributed by atoms with Crippen molar-refractivity contribution in [3.05, 3.63) is 26.0 Å². The Bertz CT molecular complexity index is 62.1. The number of hydrogen-bond acceptors (Lipinski definition) is 0. The van der Waals surface area contributed by atoms with E-state index in [0.29, 0.717) is 0 Å². The maximum absolute atomic E-state index is 3.78. The summed E-state index contributed by atoms with van der Waals surface area (Å²) in [5.74, 6) is 0. The van der Waals surface area contributed by atoms with Crippen molar-refractivity contribution in [1.29, 1.82) is 0 Å². The number of rotatable bonds is 6. The van der Waals surface area contributed by atoms with Crippen molar-refractivity contribution in [2.24, 2.45) is 0 Å². The molecule has 0 aliphatic carbocycles. The van der Waals surface area contributed by atoms with E-state index < -0.39 is 0 Å². The molecule has 0 aromatic rings. The lowest BCUT2D eigenvalue weighted by Crippen LogP contribution is -1.69. The highest BCUT2D eigenvalue weighted by Gasteiger charge is 1.79. The molecule has 0 amide bonds. The third-order valence-corrected chi connectivity index (χ3v) is 1.41. The van der Waals surface area contributed by atoms with Gasteiger partial charge in [0.15, 0.2) is 0 Å². The average molecular weight is 138 g/mol. The fraction of sp³-hybridized carbons (Fsp3) is 0.600. The smallest absolute Gasteiger partial charge is 0.0351 e. The van der Waals surface area contributed by atoms with Gasteiger partial charge in [0.2, 0.25) is 0 Å². The van der Waals surface area contributed by atoms with Crippen LogP contribution in [0.3, 0.4) is 0 Å². The lowest BCUT2D eigenvalue weighted by atomic mass is 10.2. The highest BCUT2D eigenvalue weighted by Crippen LogP contribution is 1.98. The van der Waals surface area contributed by atoms with Gasteiger partial charge in [-0.15, -0.1) is 0 Å². The highest BCUT2D eigenvalue weighted by molar-refractivity contribution is 4.81. The van der Waals surface area contributed by atoms with Gasteiger partial charge in [-0.1, -0.05) is 38.8 Å². The summed E-state index contributed by atoms with van der Waals surface area (Å²) in [5.41, 5.74) is 0. The van der Waals surface area contributed by atoms with Crippen molar-refractivity contribution in [2.75, 3.05) is 0 Å². The van der Waals surface area contributed by atoms with E-state index >= 15 is 0 Å². The first-order chi connectivity index (χ1) is 4.91. The normalized spacial score (nSPS) is 11.0. The Morgan fingerprint density at radius 2 is 1.20 bits per heavy atom. The fourth-order valence-corrected chi connectivity index (χ4v) is 0.760. The predicted octanol–water partition coefficient (Wildman–Crippen LogP) is 3.55. The molecule has 0 fully saturated rings. The van der Waals surface area contributed by atoms with Crippen LogP contribution < -0.4 is 0 Å². The summed E-state index contributed by atoms with van der Waals surface area (Å²) >= 11 is 0. The second-order valence-electron chi connectivity index (χ2n) is 2.46. The minimum absolute atomic E-state index is 1.06. The van der Waals surface area contributed by atoms with E-state index in [1.807, 2.05) is 0 Å². The van der Waals surface area contributed by atoms with Crippen LogP contribution in [-0.2, 0) is 0 Å². The van der Waals surface area contributed by atoms with Gasteiger partial charge in [-0.2, -0.15) is 0 Å². The third-order valence-electron chi connectivity index (χ3n) is 1.41. The Morgan fingerprint density at radius 3 is 1.50 bits per heavy atom. The van der Waals surface area contributed by atoms with Crippen LogP contribution in [0.2, 0.25) is 0 Å². The Morgan fingerprint density at radius 1 is 0.800 bits per heavy atom. The standard InChI is InChI=1S/C10H18/c1-3-5-7-9-10-8-6-4-2/h9-10H,1-8H2. The van der Waals surface area contributed by atoms with Gasteiger partial charge in [-0.3, -0.25) is 0 Å².